The van der Waals surface area contributed by atoms with Crippen LogP contribution in [0.25, 0.3) is 0 Å². The van der Waals surface area contributed by atoms with E-state index < -0.39 is 80.7 Å². The lowest BCUT2D eigenvalue weighted by Crippen LogP contribution is -2.61. The maximum atomic E-state index is 13.1. The number of hydrogen-bond donors (Lipinski definition) is 7. The molecule has 2 heterocycles. The van der Waals surface area contributed by atoms with Crippen molar-refractivity contribution in [2.45, 2.75) is 313 Å². The van der Waals surface area contributed by atoms with Crippen LogP contribution in [-0.4, -0.2) is 142 Å². The summed E-state index contributed by atoms with van der Waals surface area (Å²) >= 11 is 0. The van der Waals surface area contributed by atoms with Gasteiger partial charge in [0.15, 0.2) is 12.6 Å². The van der Waals surface area contributed by atoms with E-state index in [1.807, 2.05) is 0 Å². The minimum Gasteiger partial charge on any atom is -0.457 e. The van der Waals surface area contributed by atoms with Crippen LogP contribution in [0.5, 0.6) is 0 Å². The Hall–Kier alpha value is -2.83. The van der Waals surface area contributed by atoms with E-state index in [-0.39, 0.29) is 25.6 Å². The second-order valence-electron chi connectivity index (χ2n) is 22.9. The van der Waals surface area contributed by atoms with Gasteiger partial charge in [0.25, 0.3) is 0 Å². The number of carbonyl (C=O) groups excluding carboxylic acids is 1. The van der Waals surface area contributed by atoms with Crippen LogP contribution in [0.15, 0.2) is 85.1 Å². The van der Waals surface area contributed by atoms with Gasteiger partial charge in [0.1, 0.15) is 54.9 Å². The summed E-state index contributed by atoms with van der Waals surface area (Å²) in [6, 6.07) is 0. The van der Waals surface area contributed by atoms with Crippen LogP contribution in [0.3, 0.4) is 0 Å². The zero-order chi connectivity index (χ0) is 60.1. The largest absolute Gasteiger partial charge is 0.457 e. The van der Waals surface area contributed by atoms with Crippen LogP contribution < -0.4 is 0 Å². The molecule has 0 aromatic carbocycles. The first-order chi connectivity index (χ1) is 40.6. The lowest BCUT2D eigenvalue weighted by atomic mass is 9.98. The first-order valence-corrected chi connectivity index (χ1v) is 33.2. The highest BCUT2D eigenvalue weighted by atomic mass is 16.7. The van der Waals surface area contributed by atoms with Gasteiger partial charge in [-0.2, -0.15) is 0 Å². The van der Waals surface area contributed by atoms with Crippen LogP contribution in [0, 0.1) is 0 Å². The van der Waals surface area contributed by atoms with Gasteiger partial charge >= 0.3 is 5.97 Å². The van der Waals surface area contributed by atoms with Crippen molar-refractivity contribution in [3.63, 3.8) is 0 Å². The van der Waals surface area contributed by atoms with Gasteiger partial charge in [0.2, 0.25) is 0 Å². The summed E-state index contributed by atoms with van der Waals surface area (Å²) in [5, 5.41) is 72.6. The smallest absolute Gasteiger partial charge is 0.306 e. The summed E-state index contributed by atoms with van der Waals surface area (Å²) in [6.45, 7) is 3.57. The van der Waals surface area contributed by atoms with Crippen LogP contribution in [0.2, 0.25) is 0 Å². The number of allylic oxidation sites excluding steroid dienone is 14. The van der Waals surface area contributed by atoms with E-state index in [9.17, 15) is 40.5 Å². The molecule has 14 heteroatoms. The van der Waals surface area contributed by atoms with Crippen molar-refractivity contribution in [2.75, 3.05) is 33.0 Å². The molecule has 2 saturated heterocycles. The lowest BCUT2D eigenvalue weighted by Gasteiger charge is -2.42. The predicted octanol–water partition coefficient (Wildman–Crippen LogP) is 13.5. The molecule has 480 valence electrons. The average molecular weight is 1170 g/mol. The van der Waals surface area contributed by atoms with E-state index in [0.29, 0.717) is 13.0 Å². The summed E-state index contributed by atoms with van der Waals surface area (Å²) in [5.74, 6) is -0.380. The van der Waals surface area contributed by atoms with Crippen LogP contribution in [-0.2, 0) is 33.2 Å². The van der Waals surface area contributed by atoms with Gasteiger partial charge in [0.05, 0.1) is 26.4 Å². The molecule has 2 fully saturated rings. The third-order valence-electron chi connectivity index (χ3n) is 15.4. The Balaban J connectivity index is 1.67. The Bertz CT molecular complexity index is 1690. The molecular weight excluding hydrogens is 1050 g/mol. The molecule has 2 aliphatic heterocycles. The standard InChI is InChI=1S/C69H120O14/c1-3-5-7-9-11-13-15-17-19-21-23-25-27-29-30-32-34-36-38-40-42-44-46-48-50-52-61(71)81-58(56-79-68-67(77)65(75)63(73)60(83-68)57-80-69-66(76)64(74)62(72)59(54-70)82-69)55-78-53-51-49-47-45-43-41-39-37-35-33-31-28-26-24-22-20-18-16-14-12-10-8-6-4-2/h6,8,12,14-15,17-18,20-21,23-24,26,31,33,58-60,62-70,72-77H,3-5,7,9-11,13,16,19,22,25,27-30,32,34-57H2,1-2H3/b8-6-,14-12-,17-15-,20-18-,23-21-,26-24-,33-31-. The molecule has 0 aromatic heterocycles. The highest BCUT2D eigenvalue weighted by molar-refractivity contribution is 5.69. The average Bonchev–Trinajstić information content (AvgIpc) is 3.67. The Morgan fingerprint density at radius 2 is 0.783 bits per heavy atom. The third kappa shape index (κ3) is 40.3. The van der Waals surface area contributed by atoms with E-state index in [4.69, 9.17) is 28.4 Å². The zero-order valence-corrected chi connectivity index (χ0v) is 51.9. The number of ether oxygens (including phenoxy) is 6. The molecule has 0 bridgehead atoms. The zero-order valence-electron chi connectivity index (χ0n) is 51.9. The van der Waals surface area contributed by atoms with Gasteiger partial charge in [-0.15, -0.1) is 0 Å². The third-order valence-corrected chi connectivity index (χ3v) is 15.4. The predicted molar refractivity (Wildman–Crippen MR) is 335 cm³/mol. The number of aliphatic hydroxyl groups excluding tert-OH is 7. The minimum absolute atomic E-state index is 0.0521. The number of aliphatic hydroxyl groups is 7. The molecule has 0 spiro atoms. The van der Waals surface area contributed by atoms with Crippen molar-refractivity contribution < 1.29 is 69.0 Å². The summed E-state index contributed by atoms with van der Waals surface area (Å²) in [4.78, 5) is 13.1. The van der Waals surface area contributed by atoms with Crippen molar-refractivity contribution in [1.29, 1.82) is 0 Å². The fourth-order valence-corrected chi connectivity index (χ4v) is 10.1. The van der Waals surface area contributed by atoms with Crippen LogP contribution in [0.4, 0.5) is 0 Å². The van der Waals surface area contributed by atoms with Gasteiger partial charge in [0, 0.05) is 13.0 Å². The maximum absolute atomic E-state index is 13.1. The molecule has 0 aliphatic carbocycles. The summed E-state index contributed by atoms with van der Waals surface area (Å²) in [7, 11) is 0. The number of esters is 1. The molecule has 2 aliphatic rings. The molecule has 0 aromatic rings. The van der Waals surface area contributed by atoms with Gasteiger partial charge in [-0.3, -0.25) is 4.79 Å². The SMILES string of the molecule is CC/C=C\C/C=C\C/C=C\C/C=C\C/C=C\CCCCCCCCCCOCC(COC1OC(COC2OC(CO)C(O)C(O)C2O)C(O)C(O)C1O)OC(=O)CCCCCCCCCCCCCCC/C=C\C/C=C\CCCCCCC. The fraction of sp³-hybridized carbons (Fsp3) is 0.783. The quantitative estimate of drug-likeness (QED) is 0.0171. The normalized spacial score (nSPS) is 24.0. The minimum atomic E-state index is -1.71. The molecule has 0 radical (unpaired) electrons. The molecule has 0 amide bonds. The molecule has 0 saturated carbocycles. The van der Waals surface area contributed by atoms with E-state index in [1.165, 1.54) is 135 Å². The second kappa shape index (κ2) is 54.6. The monoisotopic (exact) mass is 1170 g/mol. The van der Waals surface area contributed by atoms with Crippen molar-refractivity contribution in [1.82, 2.24) is 0 Å². The Labute approximate surface area is 503 Å². The Morgan fingerprint density at radius 1 is 0.410 bits per heavy atom. The summed E-state index contributed by atoms with van der Waals surface area (Å²) in [6.07, 6.45) is 56.4. The molecule has 83 heavy (non-hydrogen) atoms. The number of hydrogen-bond acceptors (Lipinski definition) is 14. The highest BCUT2D eigenvalue weighted by Gasteiger charge is 2.47. The van der Waals surface area contributed by atoms with Gasteiger partial charge in [-0.25, -0.2) is 0 Å². The lowest BCUT2D eigenvalue weighted by molar-refractivity contribution is -0.332. The second-order valence-corrected chi connectivity index (χ2v) is 22.9. The highest BCUT2D eigenvalue weighted by Crippen LogP contribution is 2.27. The first-order valence-electron chi connectivity index (χ1n) is 33.2. The van der Waals surface area contributed by atoms with Crippen molar-refractivity contribution >= 4 is 5.97 Å². The van der Waals surface area contributed by atoms with E-state index in [1.54, 1.807) is 0 Å². The molecule has 14 nitrogen and oxygen atoms in total. The van der Waals surface area contributed by atoms with Crippen LogP contribution >= 0.6 is 0 Å². The topological polar surface area (TPSA) is 214 Å². The number of carbonyl (C=O) groups is 1. The van der Waals surface area contributed by atoms with Crippen molar-refractivity contribution in [3.8, 4) is 0 Å². The first kappa shape index (κ1) is 76.3. The molecule has 7 N–H and O–H groups in total. The number of unbranched alkanes of at least 4 members (excludes halogenated alkanes) is 26. The van der Waals surface area contributed by atoms with E-state index in [0.717, 1.165) is 83.5 Å². The maximum Gasteiger partial charge on any atom is 0.306 e. The van der Waals surface area contributed by atoms with Gasteiger partial charge < -0.3 is 64.2 Å². The molecule has 11 atom stereocenters. The van der Waals surface area contributed by atoms with Crippen molar-refractivity contribution in [3.05, 3.63) is 85.1 Å². The van der Waals surface area contributed by atoms with E-state index in [2.05, 4.69) is 98.9 Å². The molecule has 11 unspecified atom stereocenters. The van der Waals surface area contributed by atoms with Crippen molar-refractivity contribution in [2.24, 2.45) is 0 Å². The fourth-order valence-electron chi connectivity index (χ4n) is 10.1. The Kier molecular flexibility index (Phi) is 50.1. The Morgan fingerprint density at radius 3 is 1.23 bits per heavy atom. The summed E-state index contributed by atoms with van der Waals surface area (Å²) in [5.41, 5.74) is 0. The molecule has 2 rings (SSSR count). The van der Waals surface area contributed by atoms with Crippen LogP contribution in [0.1, 0.15) is 245 Å². The molecular formula is C69H120O14. The summed E-state index contributed by atoms with van der Waals surface area (Å²) < 4.78 is 34.5. The number of rotatable bonds is 54. The van der Waals surface area contributed by atoms with Gasteiger partial charge in [-0.05, 0) is 89.9 Å². The van der Waals surface area contributed by atoms with Gasteiger partial charge in [-0.1, -0.05) is 234 Å². The van der Waals surface area contributed by atoms with E-state index >= 15 is 0 Å².